The smallest absolute Gasteiger partial charge is 0.257 e. The van der Waals surface area contributed by atoms with Crippen molar-refractivity contribution in [2.75, 3.05) is 5.32 Å². The van der Waals surface area contributed by atoms with E-state index in [2.05, 4.69) is 41.5 Å². The number of benzene rings is 1. The maximum atomic E-state index is 12.4. The van der Waals surface area contributed by atoms with Crippen LogP contribution >= 0.6 is 11.3 Å². The number of hydrogen-bond donors (Lipinski definition) is 1. The second-order valence-corrected chi connectivity index (χ2v) is 7.13. The van der Waals surface area contributed by atoms with Gasteiger partial charge in [0.25, 0.3) is 5.91 Å². The summed E-state index contributed by atoms with van der Waals surface area (Å²) in [6.45, 7) is 2.12. The van der Waals surface area contributed by atoms with Crippen LogP contribution in [0.3, 0.4) is 0 Å². The standard InChI is InChI=1S/C19H18N2OS/c1-12-5-4-7-14(11-12)18(22)21-19-20-16-10-9-13-6-2-3-8-15(13)17(16)23-19/h2,4,6-7,9-12H,3,5,8H2,1H3,(H,20,21,22)/t12-/m0/s1. The number of nitrogens with zero attached hydrogens (tertiary/aromatic N) is 1. The van der Waals surface area contributed by atoms with E-state index in [0.717, 1.165) is 30.4 Å². The molecule has 0 saturated carbocycles. The number of nitrogens with one attached hydrogen (secondary N) is 1. The summed E-state index contributed by atoms with van der Waals surface area (Å²) in [6.07, 6.45) is 13.5. The van der Waals surface area contributed by atoms with Crippen molar-refractivity contribution in [2.24, 2.45) is 5.92 Å². The largest absolute Gasteiger partial charge is 0.298 e. The Hall–Kier alpha value is -2.20. The summed E-state index contributed by atoms with van der Waals surface area (Å²) in [5.74, 6) is 0.343. The molecular formula is C19H18N2OS. The Balaban J connectivity index is 1.64. The molecular weight excluding hydrogens is 304 g/mol. The fourth-order valence-corrected chi connectivity index (χ4v) is 4.17. The lowest BCUT2D eigenvalue weighted by Gasteiger charge is -2.11. The van der Waals surface area contributed by atoms with Crippen molar-refractivity contribution in [3.63, 3.8) is 0 Å². The third-order valence-corrected chi connectivity index (χ3v) is 5.35. The van der Waals surface area contributed by atoms with E-state index >= 15 is 0 Å². The van der Waals surface area contributed by atoms with E-state index in [1.165, 1.54) is 15.8 Å². The third kappa shape index (κ3) is 2.75. The number of rotatable bonds is 2. The minimum atomic E-state index is -0.0689. The highest BCUT2D eigenvalue weighted by Crippen LogP contribution is 2.34. The Bertz CT molecular complexity index is 873. The molecule has 4 heteroatoms. The van der Waals surface area contributed by atoms with Crippen LogP contribution in [0.1, 0.15) is 30.9 Å². The number of amides is 1. The summed E-state index contributed by atoms with van der Waals surface area (Å²) < 4.78 is 1.20. The number of carbonyl (C=O) groups excluding carboxylic acids is 1. The average Bonchev–Trinajstić information content (AvgIpc) is 2.97. The third-order valence-electron chi connectivity index (χ3n) is 4.31. The summed E-state index contributed by atoms with van der Waals surface area (Å²) in [6, 6.07) is 4.16. The van der Waals surface area contributed by atoms with E-state index in [-0.39, 0.29) is 5.91 Å². The zero-order chi connectivity index (χ0) is 15.8. The summed E-state index contributed by atoms with van der Waals surface area (Å²) in [7, 11) is 0. The van der Waals surface area contributed by atoms with Crippen molar-refractivity contribution < 1.29 is 4.79 Å². The summed E-state index contributed by atoms with van der Waals surface area (Å²) in [5.41, 5.74) is 4.33. The lowest BCUT2D eigenvalue weighted by atomic mass is 9.97. The molecule has 1 N–H and O–H groups in total. The van der Waals surface area contributed by atoms with Gasteiger partial charge >= 0.3 is 0 Å². The van der Waals surface area contributed by atoms with Crippen molar-refractivity contribution in [3.8, 4) is 0 Å². The highest BCUT2D eigenvalue weighted by Gasteiger charge is 2.16. The van der Waals surface area contributed by atoms with Crippen molar-refractivity contribution in [3.05, 3.63) is 53.1 Å². The van der Waals surface area contributed by atoms with E-state index in [4.69, 9.17) is 0 Å². The van der Waals surface area contributed by atoms with Crippen LogP contribution < -0.4 is 5.32 Å². The molecule has 0 unspecified atom stereocenters. The monoisotopic (exact) mass is 322 g/mol. The fourth-order valence-electron chi connectivity index (χ4n) is 3.13. The number of thiazole rings is 1. The molecule has 1 amide bonds. The molecule has 1 heterocycles. The van der Waals surface area contributed by atoms with Crippen LogP contribution in [0.5, 0.6) is 0 Å². The van der Waals surface area contributed by atoms with Gasteiger partial charge in [0.2, 0.25) is 0 Å². The predicted molar refractivity (Wildman–Crippen MR) is 96.6 cm³/mol. The Morgan fingerprint density at radius 1 is 1.30 bits per heavy atom. The van der Waals surface area contributed by atoms with E-state index in [0.29, 0.717) is 11.0 Å². The Morgan fingerprint density at radius 2 is 2.22 bits per heavy atom. The summed E-state index contributed by atoms with van der Waals surface area (Å²) in [4.78, 5) is 17.0. The molecule has 116 valence electrons. The maximum absolute atomic E-state index is 12.4. The summed E-state index contributed by atoms with van der Waals surface area (Å²) in [5, 5.41) is 3.64. The second kappa shape index (κ2) is 5.78. The van der Waals surface area contributed by atoms with Crippen LogP contribution in [0, 0.1) is 5.92 Å². The number of carbonyl (C=O) groups is 1. The van der Waals surface area contributed by atoms with E-state index < -0.39 is 0 Å². The maximum Gasteiger partial charge on any atom is 0.257 e. The minimum Gasteiger partial charge on any atom is -0.298 e. The number of hydrogen-bond acceptors (Lipinski definition) is 3. The van der Waals surface area contributed by atoms with Gasteiger partial charge in [-0.3, -0.25) is 10.1 Å². The molecule has 1 aromatic heterocycles. The number of aryl methyl sites for hydroxylation is 1. The van der Waals surface area contributed by atoms with Gasteiger partial charge < -0.3 is 0 Å². The van der Waals surface area contributed by atoms with Crippen LogP contribution in [0.4, 0.5) is 5.13 Å². The molecule has 0 saturated heterocycles. The van der Waals surface area contributed by atoms with Crippen molar-refractivity contribution in [1.82, 2.24) is 4.98 Å². The zero-order valence-corrected chi connectivity index (χ0v) is 13.8. The van der Waals surface area contributed by atoms with Gasteiger partial charge in [0.15, 0.2) is 5.13 Å². The molecule has 2 aliphatic rings. The first-order valence-corrected chi connectivity index (χ1v) is 8.81. The molecule has 0 bridgehead atoms. The Labute approximate surface area is 139 Å². The number of fused-ring (bicyclic) bond motifs is 3. The average molecular weight is 322 g/mol. The van der Waals surface area contributed by atoms with Crippen molar-refractivity contribution in [2.45, 2.75) is 26.2 Å². The molecule has 23 heavy (non-hydrogen) atoms. The number of aromatic nitrogens is 1. The normalized spacial score (nSPS) is 19.5. The molecule has 0 radical (unpaired) electrons. The first-order chi connectivity index (χ1) is 11.2. The van der Waals surface area contributed by atoms with Gasteiger partial charge in [-0.05, 0) is 42.4 Å². The fraction of sp³-hybridized carbons (Fsp3) is 0.263. The Morgan fingerprint density at radius 3 is 3.09 bits per heavy atom. The topological polar surface area (TPSA) is 42.0 Å². The van der Waals surface area contributed by atoms with Gasteiger partial charge in [-0.1, -0.05) is 54.7 Å². The lowest BCUT2D eigenvalue weighted by Crippen LogP contribution is -2.15. The molecule has 0 fully saturated rings. The number of allylic oxidation sites excluding steroid dienone is 3. The highest BCUT2D eigenvalue weighted by molar-refractivity contribution is 7.22. The molecule has 4 rings (SSSR count). The van der Waals surface area contributed by atoms with Crippen LogP contribution in [0.2, 0.25) is 0 Å². The molecule has 1 aromatic carbocycles. The van der Waals surface area contributed by atoms with E-state index in [1.807, 2.05) is 18.2 Å². The first-order valence-electron chi connectivity index (χ1n) is 7.99. The minimum absolute atomic E-state index is 0.0689. The molecule has 1 atom stereocenters. The van der Waals surface area contributed by atoms with Crippen LogP contribution in [-0.4, -0.2) is 10.9 Å². The van der Waals surface area contributed by atoms with Crippen molar-refractivity contribution in [1.29, 1.82) is 0 Å². The quantitative estimate of drug-likeness (QED) is 0.869. The molecule has 0 spiro atoms. The van der Waals surface area contributed by atoms with Gasteiger partial charge in [0.1, 0.15) is 0 Å². The molecule has 3 nitrogen and oxygen atoms in total. The zero-order valence-electron chi connectivity index (χ0n) is 13.0. The van der Waals surface area contributed by atoms with E-state index in [1.54, 1.807) is 11.3 Å². The van der Waals surface area contributed by atoms with Gasteiger partial charge in [0, 0.05) is 5.57 Å². The predicted octanol–water partition coefficient (Wildman–Crippen LogP) is 4.72. The highest BCUT2D eigenvalue weighted by atomic mass is 32.1. The molecule has 2 aliphatic carbocycles. The molecule has 2 aromatic rings. The van der Waals surface area contributed by atoms with Crippen LogP contribution in [-0.2, 0) is 11.2 Å². The van der Waals surface area contributed by atoms with Crippen LogP contribution in [0.25, 0.3) is 16.3 Å². The van der Waals surface area contributed by atoms with Gasteiger partial charge in [-0.15, -0.1) is 0 Å². The molecule has 0 aliphatic heterocycles. The summed E-state index contributed by atoms with van der Waals surface area (Å²) >= 11 is 1.58. The van der Waals surface area contributed by atoms with Gasteiger partial charge in [-0.2, -0.15) is 0 Å². The second-order valence-electron chi connectivity index (χ2n) is 6.13. The number of anilines is 1. The van der Waals surface area contributed by atoms with Crippen molar-refractivity contribution >= 4 is 38.7 Å². The first kappa shape index (κ1) is 14.4. The van der Waals surface area contributed by atoms with Gasteiger partial charge in [-0.25, -0.2) is 4.98 Å². The SMILES string of the molecule is C[C@@H]1C=C(C(=O)Nc2nc3ccc4c(c3s2)CCC=C4)C=CC1. The Kier molecular flexibility index (Phi) is 3.62. The van der Waals surface area contributed by atoms with Crippen LogP contribution in [0.15, 0.2) is 42.0 Å². The van der Waals surface area contributed by atoms with E-state index in [9.17, 15) is 4.79 Å². The lowest BCUT2D eigenvalue weighted by molar-refractivity contribution is -0.112. The van der Waals surface area contributed by atoms with Gasteiger partial charge in [0.05, 0.1) is 10.2 Å².